The lowest BCUT2D eigenvalue weighted by atomic mass is 9.84. The summed E-state index contributed by atoms with van der Waals surface area (Å²) < 4.78 is 0. The maximum Gasteiger partial charge on any atom is 0.0119 e. The largest absolute Gasteiger partial charge is 0.317 e. The molecular formula is C22H27N2. The van der Waals surface area contributed by atoms with E-state index in [1.807, 2.05) is 0 Å². The van der Waals surface area contributed by atoms with Crippen molar-refractivity contribution in [2.45, 2.75) is 37.6 Å². The van der Waals surface area contributed by atoms with E-state index in [0.29, 0.717) is 5.92 Å². The van der Waals surface area contributed by atoms with Gasteiger partial charge in [-0.2, -0.15) is 0 Å². The number of nitrogens with one attached hydrogen (secondary N) is 1. The normalized spacial score (nSPS) is 21.0. The highest BCUT2D eigenvalue weighted by atomic mass is 15.2. The molecule has 24 heavy (non-hydrogen) atoms. The standard InChI is InChI=1S/C22H27N2/c1-2-6-18(7-3-1)21-8-4-5-9-22(21)19-12-16-24(17-13-19)20-10-14-23-15-11-20/h1-4,6-9,19-20,23H,10-17H2. The van der Waals surface area contributed by atoms with Crippen molar-refractivity contribution in [1.82, 2.24) is 10.2 Å². The first-order chi connectivity index (χ1) is 11.9. The van der Waals surface area contributed by atoms with E-state index in [4.69, 9.17) is 0 Å². The Morgan fingerprint density at radius 3 is 2.42 bits per heavy atom. The zero-order valence-electron chi connectivity index (χ0n) is 14.4. The Morgan fingerprint density at radius 1 is 0.917 bits per heavy atom. The first kappa shape index (κ1) is 15.9. The van der Waals surface area contributed by atoms with Crippen LogP contribution in [0.3, 0.4) is 0 Å². The summed E-state index contributed by atoms with van der Waals surface area (Å²) in [5, 5.41) is 3.48. The molecule has 4 rings (SSSR count). The van der Waals surface area contributed by atoms with Crippen LogP contribution in [0, 0.1) is 6.07 Å². The molecule has 0 unspecified atom stereocenters. The molecule has 2 heteroatoms. The van der Waals surface area contributed by atoms with Gasteiger partial charge in [-0.1, -0.05) is 48.5 Å². The summed E-state index contributed by atoms with van der Waals surface area (Å²) in [6.07, 6.45) is 5.20. The highest BCUT2D eigenvalue weighted by Gasteiger charge is 2.27. The van der Waals surface area contributed by atoms with E-state index >= 15 is 0 Å². The van der Waals surface area contributed by atoms with E-state index in [9.17, 15) is 0 Å². The number of hydrogen-bond donors (Lipinski definition) is 1. The van der Waals surface area contributed by atoms with Crippen LogP contribution in [0.25, 0.3) is 11.1 Å². The summed E-state index contributed by atoms with van der Waals surface area (Å²) in [4.78, 5) is 2.74. The van der Waals surface area contributed by atoms with Crippen LogP contribution in [0.5, 0.6) is 0 Å². The van der Waals surface area contributed by atoms with Crippen LogP contribution in [0.4, 0.5) is 0 Å². The van der Waals surface area contributed by atoms with Crippen molar-refractivity contribution in [3.8, 4) is 11.1 Å². The van der Waals surface area contributed by atoms with Crippen molar-refractivity contribution in [1.29, 1.82) is 0 Å². The van der Waals surface area contributed by atoms with Crippen molar-refractivity contribution in [3.63, 3.8) is 0 Å². The van der Waals surface area contributed by atoms with Gasteiger partial charge in [0.1, 0.15) is 0 Å². The van der Waals surface area contributed by atoms with Crippen molar-refractivity contribution >= 4 is 0 Å². The fourth-order valence-electron chi connectivity index (χ4n) is 4.41. The van der Waals surface area contributed by atoms with Gasteiger partial charge >= 0.3 is 0 Å². The van der Waals surface area contributed by atoms with Crippen LogP contribution in [-0.2, 0) is 0 Å². The van der Waals surface area contributed by atoms with Crippen LogP contribution < -0.4 is 5.32 Å². The average molecular weight is 319 g/mol. The second-order valence-electron chi connectivity index (χ2n) is 7.17. The molecule has 2 aromatic rings. The van der Waals surface area contributed by atoms with Gasteiger partial charge in [-0.15, -0.1) is 0 Å². The minimum atomic E-state index is 0.677. The smallest absolute Gasteiger partial charge is 0.0119 e. The molecule has 0 amide bonds. The van der Waals surface area contributed by atoms with Crippen LogP contribution in [0.15, 0.2) is 48.5 Å². The zero-order valence-corrected chi connectivity index (χ0v) is 14.4. The lowest BCUT2D eigenvalue weighted by molar-refractivity contribution is 0.127. The molecule has 2 saturated heterocycles. The minimum Gasteiger partial charge on any atom is -0.317 e. The summed E-state index contributed by atoms with van der Waals surface area (Å²) in [6.45, 7) is 4.88. The molecule has 2 aliphatic rings. The maximum absolute atomic E-state index is 3.48. The summed E-state index contributed by atoms with van der Waals surface area (Å²) in [5.74, 6) is 0.677. The van der Waals surface area contributed by atoms with E-state index in [1.165, 1.54) is 68.6 Å². The second kappa shape index (κ2) is 7.50. The van der Waals surface area contributed by atoms with E-state index < -0.39 is 0 Å². The van der Waals surface area contributed by atoms with Gasteiger partial charge in [0.05, 0.1) is 0 Å². The number of likely N-dealkylation sites (tertiary alicyclic amines) is 1. The monoisotopic (exact) mass is 319 g/mol. The number of benzene rings is 2. The third kappa shape index (κ3) is 3.40. The van der Waals surface area contributed by atoms with Gasteiger partial charge in [0.15, 0.2) is 0 Å². The van der Waals surface area contributed by atoms with E-state index in [2.05, 4.69) is 64.8 Å². The number of piperidine rings is 2. The number of hydrogen-bond acceptors (Lipinski definition) is 2. The van der Waals surface area contributed by atoms with Gasteiger partial charge in [-0.25, -0.2) is 0 Å². The van der Waals surface area contributed by atoms with E-state index in [1.54, 1.807) is 0 Å². The Kier molecular flexibility index (Phi) is 4.96. The molecule has 0 saturated carbocycles. The molecule has 125 valence electrons. The molecule has 2 aliphatic heterocycles. The molecule has 0 spiro atoms. The summed E-state index contributed by atoms with van der Waals surface area (Å²) in [6, 6.07) is 21.5. The van der Waals surface area contributed by atoms with E-state index in [-0.39, 0.29) is 0 Å². The quantitative estimate of drug-likeness (QED) is 0.917. The molecule has 0 bridgehead atoms. The van der Waals surface area contributed by atoms with Crippen LogP contribution >= 0.6 is 0 Å². The van der Waals surface area contributed by atoms with Crippen LogP contribution in [0.2, 0.25) is 0 Å². The predicted octanol–water partition coefficient (Wildman–Crippen LogP) is 4.09. The Bertz CT molecular complexity index is 638. The number of nitrogens with zero attached hydrogens (tertiary/aromatic N) is 1. The fourth-order valence-corrected chi connectivity index (χ4v) is 4.41. The van der Waals surface area contributed by atoms with Gasteiger partial charge in [0.2, 0.25) is 0 Å². The number of rotatable bonds is 3. The fraction of sp³-hybridized carbons (Fsp3) is 0.455. The lowest BCUT2D eigenvalue weighted by Gasteiger charge is -2.40. The summed E-state index contributed by atoms with van der Waals surface area (Å²) >= 11 is 0. The van der Waals surface area contributed by atoms with Crippen molar-refractivity contribution in [3.05, 3.63) is 60.2 Å². The van der Waals surface area contributed by atoms with Gasteiger partial charge in [-0.05, 0) is 80.5 Å². The highest BCUT2D eigenvalue weighted by Crippen LogP contribution is 2.36. The second-order valence-corrected chi connectivity index (χ2v) is 7.17. The first-order valence-electron chi connectivity index (χ1n) is 9.42. The molecule has 0 atom stereocenters. The summed E-state index contributed by atoms with van der Waals surface area (Å²) in [5.41, 5.74) is 4.23. The van der Waals surface area contributed by atoms with E-state index in [0.717, 1.165) is 6.04 Å². The van der Waals surface area contributed by atoms with Gasteiger partial charge in [0.25, 0.3) is 0 Å². The third-order valence-corrected chi connectivity index (χ3v) is 5.78. The molecule has 2 heterocycles. The molecule has 0 aromatic heterocycles. The van der Waals surface area contributed by atoms with Crippen molar-refractivity contribution in [2.24, 2.45) is 0 Å². The average Bonchev–Trinajstić information content (AvgIpc) is 2.69. The van der Waals surface area contributed by atoms with Gasteiger partial charge < -0.3 is 10.2 Å². The first-order valence-corrected chi connectivity index (χ1v) is 9.42. The minimum absolute atomic E-state index is 0.677. The Hall–Kier alpha value is -1.64. The topological polar surface area (TPSA) is 15.3 Å². The molecule has 2 nitrogen and oxygen atoms in total. The highest BCUT2D eigenvalue weighted by molar-refractivity contribution is 5.67. The van der Waals surface area contributed by atoms with Crippen LogP contribution in [-0.4, -0.2) is 37.1 Å². The maximum atomic E-state index is 3.48. The zero-order chi connectivity index (χ0) is 16.2. The van der Waals surface area contributed by atoms with Crippen molar-refractivity contribution in [2.75, 3.05) is 26.2 Å². The lowest BCUT2D eigenvalue weighted by Crippen LogP contribution is -2.46. The third-order valence-electron chi connectivity index (χ3n) is 5.78. The molecule has 1 radical (unpaired) electrons. The Labute approximate surface area is 145 Å². The van der Waals surface area contributed by atoms with Crippen molar-refractivity contribution < 1.29 is 0 Å². The summed E-state index contributed by atoms with van der Waals surface area (Å²) in [7, 11) is 0. The van der Waals surface area contributed by atoms with Crippen LogP contribution in [0.1, 0.15) is 37.2 Å². The molecule has 2 fully saturated rings. The SMILES string of the molecule is [c]1ccc(-c2ccccc2)c(C2CCN(C3CCNCC3)CC2)c1. The van der Waals surface area contributed by atoms with Gasteiger partial charge in [-0.3, -0.25) is 0 Å². The Morgan fingerprint density at radius 2 is 1.67 bits per heavy atom. The molecule has 2 aromatic carbocycles. The molecule has 1 N–H and O–H groups in total. The molecule has 0 aliphatic carbocycles. The molecular weight excluding hydrogens is 292 g/mol. The van der Waals surface area contributed by atoms with Gasteiger partial charge in [0, 0.05) is 6.04 Å². The predicted molar refractivity (Wildman–Crippen MR) is 100 cm³/mol. The Balaban J connectivity index is 1.48.